The van der Waals surface area contributed by atoms with Crippen molar-refractivity contribution in [1.29, 1.82) is 0 Å². The topological polar surface area (TPSA) is 83.7 Å². The second kappa shape index (κ2) is 6.72. The highest BCUT2D eigenvalue weighted by atomic mass is 19.1. The largest absolute Gasteiger partial charge is 0.508 e. The van der Waals surface area contributed by atoms with Crippen molar-refractivity contribution >= 4 is 17.2 Å². The van der Waals surface area contributed by atoms with Gasteiger partial charge in [0.05, 0.1) is 11.0 Å². The van der Waals surface area contributed by atoms with Crippen LogP contribution >= 0.6 is 0 Å². The number of carbonyl (C=O) groups is 1. The van der Waals surface area contributed by atoms with Crippen molar-refractivity contribution in [2.24, 2.45) is 0 Å². The monoisotopic (exact) mass is 342 g/mol. The van der Waals surface area contributed by atoms with Crippen LogP contribution in [0.15, 0.2) is 48.5 Å². The van der Waals surface area contributed by atoms with Crippen LogP contribution in [0.2, 0.25) is 0 Å². The molecule has 2 aromatic carbocycles. The predicted molar refractivity (Wildman–Crippen MR) is 89.7 cm³/mol. The van der Waals surface area contributed by atoms with E-state index < -0.39 is 22.3 Å². The minimum absolute atomic E-state index is 0.118. The van der Waals surface area contributed by atoms with E-state index in [-0.39, 0.29) is 11.3 Å². The molecule has 0 radical (unpaired) electrons. The molecule has 0 unspecified atom stereocenters. The van der Waals surface area contributed by atoms with Crippen molar-refractivity contribution in [3.63, 3.8) is 0 Å². The predicted octanol–water partition coefficient (Wildman–Crippen LogP) is 3.37. The number of nitro groups is 1. The fourth-order valence-electron chi connectivity index (χ4n) is 2.80. The summed E-state index contributed by atoms with van der Waals surface area (Å²) in [7, 11) is 0. The van der Waals surface area contributed by atoms with Gasteiger partial charge in [0.25, 0.3) is 11.6 Å². The number of phenolic OH excluding ortho intramolecular Hbond substituents is 1. The Bertz CT molecular complexity index is 862. The molecule has 1 aliphatic rings. The van der Waals surface area contributed by atoms with E-state index in [2.05, 4.69) is 0 Å². The summed E-state index contributed by atoms with van der Waals surface area (Å²) in [5, 5.41) is 20.4. The molecule has 25 heavy (non-hydrogen) atoms. The third-order valence-electron chi connectivity index (χ3n) is 4.12. The van der Waals surface area contributed by atoms with Gasteiger partial charge in [-0.15, -0.1) is 0 Å². The molecule has 0 aliphatic carbocycles. The smallest absolute Gasteiger partial charge is 0.285 e. The van der Waals surface area contributed by atoms with E-state index in [1.165, 1.54) is 4.90 Å². The number of nitrogens with zero attached hydrogens (tertiary/aromatic N) is 2. The zero-order valence-electron chi connectivity index (χ0n) is 13.2. The number of nitro benzene ring substituents is 1. The van der Waals surface area contributed by atoms with E-state index in [4.69, 9.17) is 0 Å². The molecule has 0 saturated heterocycles. The van der Waals surface area contributed by atoms with Crippen LogP contribution in [-0.4, -0.2) is 33.9 Å². The Kier molecular flexibility index (Phi) is 4.47. The number of carbonyl (C=O) groups excluding carboxylic acids is 1. The molecule has 2 aromatic rings. The van der Waals surface area contributed by atoms with Crippen LogP contribution in [0.25, 0.3) is 5.57 Å². The number of rotatable bonds is 3. The molecule has 0 spiro atoms. The molecule has 1 amide bonds. The molecule has 6 nitrogen and oxygen atoms in total. The molecule has 0 atom stereocenters. The van der Waals surface area contributed by atoms with Crippen LogP contribution in [-0.2, 0) is 0 Å². The molecule has 0 bridgehead atoms. The first-order valence-corrected chi connectivity index (χ1v) is 7.67. The fraction of sp³-hybridized carbons (Fsp3) is 0.167. The van der Waals surface area contributed by atoms with Gasteiger partial charge in [-0.1, -0.05) is 18.2 Å². The van der Waals surface area contributed by atoms with E-state index in [0.717, 1.165) is 29.3 Å². The number of phenols is 1. The molecule has 1 aliphatic heterocycles. The van der Waals surface area contributed by atoms with Crippen LogP contribution in [0.5, 0.6) is 5.75 Å². The molecule has 128 valence electrons. The fourth-order valence-corrected chi connectivity index (χ4v) is 2.80. The highest BCUT2D eigenvalue weighted by Crippen LogP contribution is 2.27. The van der Waals surface area contributed by atoms with Crippen LogP contribution in [0.3, 0.4) is 0 Å². The summed E-state index contributed by atoms with van der Waals surface area (Å²) in [5.74, 6) is -1.07. The maximum absolute atomic E-state index is 13.2. The minimum Gasteiger partial charge on any atom is -0.508 e. The van der Waals surface area contributed by atoms with Crippen molar-refractivity contribution in [3.05, 3.63) is 75.6 Å². The second-order valence-electron chi connectivity index (χ2n) is 5.70. The number of amides is 1. The van der Waals surface area contributed by atoms with Crippen LogP contribution in [0.1, 0.15) is 22.3 Å². The lowest BCUT2D eigenvalue weighted by Crippen LogP contribution is -2.35. The number of halogens is 1. The summed E-state index contributed by atoms with van der Waals surface area (Å²) in [5.41, 5.74) is 1.35. The third kappa shape index (κ3) is 3.50. The lowest BCUT2D eigenvalue weighted by atomic mass is 9.99. The molecular weight excluding hydrogens is 327 g/mol. The first-order valence-electron chi connectivity index (χ1n) is 7.67. The molecule has 1 heterocycles. The Morgan fingerprint density at radius 1 is 1.20 bits per heavy atom. The van der Waals surface area contributed by atoms with Gasteiger partial charge < -0.3 is 10.0 Å². The maximum Gasteiger partial charge on any atom is 0.285 e. The van der Waals surface area contributed by atoms with E-state index in [0.29, 0.717) is 19.5 Å². The number of aromatic hydroxyl groups is 1. The lowest BCUT2D eigenvalue weighted by molar-refractivity contribution is -0.385. The lowest BCUT2D eigenvalue weighted by Gasteiger charge is -2.26. The standard InChI is InChI=1S/C18H15FN2O4/c19-14-3-6-16(17(11-14)21(24)25)18(23)20-9-7-13(8-10-20)12-1-4-15(22)5-2-12/h1-7,11,22H,8-10H2. The van der Waals surface area contributed by atoms with Crippen molar-refractivity contribution in [1.82, 2.24) is 4.90 Å². The van der Waals surface area contributed by atoms with Gasteiger partial charge in [0.1, 0.15) is 17.1 Å². The summed E-state index contributed by atoms with van der Waals surface area (Å²) < 4.78 is 13.2. The maximum atomic E-state index is 13.2. The Balaban J connectivity index is 1.80. The molecule has 3 rings (SSSR count). The van der Waals surface area contributed by atoms with E-state index in [9.17, 15) is 24.4 Å². The minimum atomic E-state index is -0.753. The molecule has 7 heteroatoms. The summed E-state index contributed by atoms with van der Waals surface area (Å²) >= 11 is 0. The van der Waals surface area contributed by atoms with Gasteiger partial charge in [0.2, 0.25) is 0 Å². The second-order valence-corrected chi connectivity index (χ2v) is 5.70. The Labute approximate surface area is 143 Å². The van der Waals surface area contributed by atoms with Gasteiger partial charge in [-0.2, -0.15) is 0 Å². The molecule has 0 aromatic heterocycles. The molecule has 0 fully saturated rings. The zero-order chi connectivity index (χ0) is 18.0. The van der Waals surface area contributed by atoms with Crippen molar-refractivity contribution in [2.45, 2.75) is 6.42 Å². The zero-order valence-corrected chi connectivity index (χ0v) is 13.2. The van der Waals surface area contributed by atoms with Gasteiger partial charge >= 0.3 is 0 Å². The average Bonchev–Trinajstić information content (AvgIpc) is 2.62. The van der Waals surface area contributed by atoms with Crippen molar-refractivity contribution in [2.75, 3.05) is 13.1 Å². The van der Waals surface area contributed by atoms with E-state index in [1.807, 2.05) is 6.08 Å². The van der Waals surface area contributed by atoms with Crippen molar-refractivity contribution in [3.8, 4) is 5.75 Å². The van der Waals surface area contributed by atoms with Crippen molar-refractivity contribution < 1.29 is 19.2 Å². The number of hydrogen-bond donors (Lipinski definition) is 1. The molecule has 1 N–H and O–H groups in total. The summed E-state index contributed by atoms with van der Waals surface area (Å²) in [6, 6.07) is 9.73. The average molecular weight is 342 g/mol. The van der Waals surface area contributed by atoms with E-state index in [1.54, 1.807) is 24.3 Å². The van der Waals surface area contributed by atoms with Crippen LogP contribution in [0.4, 0.5) is 10.1 Å². The van der Waals surface area contributed by atoms with Gasteiger partial charge in [-0.3, -0.25) is 14.9 Å². The van der Waals surface area contributed by atoms with Gasteiger partial charge in [0, 0.05) is 13.1 Å². The molecule has 0 saturated carbocycles. The number of benzene rings is 2. The first kappa shape index (κ1) is 16.6. The molecular formula is C18H15FN2O4. The quantitative estimate of drug-likeness (QED) is 0.685. The number of hydrogen-bond acceptors (Lipinski definition) is 4. The summed E-state index contributed by atoms with van der Waals surface area (Å²) in [6.45, 7) is 0.712. The van der Waals surface area contributed by atoms with Crippen LogP contribution in [0, 0.1) is 15.9 Å². The summed E-state index contributed by atoms with van der Waals surface area (Å²) in [4.78, 5) is 24.4. The van der Waals surface area contributed by atoms with Crippen LogP contribution < -0.4 is 0 Å². The van der Waals surface area contributed by atoms with Gasteiger partial charge in [-0.05, 0) is 41.8 Å². The Morgan fingerprint density at radius 2 is 1.92 bits per heavy atom. The van der Waals surface area contributed by atoms with Gasteiger partial charge in [0.15, 0.2) is 0 Å². The Hall–Kier alpha value is -3.22. The highest BCUT2D eigenvalue weighted by molar-refractivity contribution is 5.98. The third-order valence-corrected chi connectivity index (χ3v) is 4.12. The Morgan fingerprint density at radius 3 is 2.52 bits per heavy atom. The normalized spacial score (nSPS) is 14.1. The first-order chi connectivity index (χ1) is 12.0. The van der Waals surface area contributed by atoms with E-state index >= 15 is 0 Å². The SMILES string of the molecule is O=C(c1ccc(F)cc1[N+](=O)[O-])N1CC=C(c2ccc(O)cc2)CC1. The highest BCUT2D eigenvalue weighted by Gasteiger charge is 2.26. The summed E-state index contributed by atoms with van der Waals surface area (Å²) in [6.07, 6.45) is 2.47. The van der Waals surface area contributed by atoms with Gasteiger partial charge in [-0.25, -0.2) is 4.39 Å².